The van der Waals surface area contributed by atoms with Crippen LogP contribution in [0.4, 0.5) is 5.69 Å². The number of carbonyl (C=O) groups is 1. The number of ether oxygens (including phenoxy) is 1. The van der Waals surface area contributed by atoms with E-state index in [4.69, 9.17) is 27.9 Å². The monoisotopic (exact) mass is 402 g/mol. The summed E-state index contributed by atoms with van der Waals surface area (Å²) in [6, 6.07) is 12.5. The number of carbonyl (C=O) groups excluding carboxylic acids is 1. The van der Waals surface area contributed by atoms with Crippen LogP contribution in [0.3, 0.4) is 0 Å². The maximum atomic E-state index is 12.4. The number of nitrogens with one attached hydrogen (secondary N) is 1. The first kappa shape index (κ1) is 20.8. The van der Waals surface area contributed by atoms with Gasteiger partial charge in [0.1, 0.15) is 11.6 Å². The molecular weight excluding hydrogens is 383 g/mol. The average Bonchev–Trinajstić information content (AvgIpc) is 2.58. The van der Waals surface area contributed by atoms with E-state index < -0.39 is 5.91 Å². The number of aryl methyl sites for hydroxylation is 1. The third kappa shape index (κ3) is 6.02. The van der Waals surface area contributed by atoms with Gasteiger partial charge in [-0.25, -0.2) is 0 Å². The van der Waals surface area contributed by atoms with Crippen molar-refractivity contribution in [1.82, 2.24) is 0 Å². The average molecular weight is 403 g/mol. The van der Waals surface area contributed by atoms with Gasteiger partial charge >= 0.3 is 0 Å². The van der Waals surface area contributed by atoms with E-state index in [0.717, 1.165) is 5.56 Å². The third-order valence-corrected chi connectivity index (χ3v) is 4.10. The van der Waals surface area contributed by atoms with Crippen molar-refractivity contribution < 1.29 is 9.53 Å². The number of benzene rings is 2. The van der Waals surface area contributed by atoms with Gasteiger partial charge in [0.05, 0.1) is 16.7 Å². The summed E-state index contributed by atoms with van der Waals surface area (Å²) in [4.78, 5) is 12.4. The summed E-state index contributed by atoms with van der Waals surface area (Å²) in [6.45, 7) is 6.44. The van der Waals surface area contributed by atoms with E-state index in [0.29, 0.717) is 39.6 Å². The summed E-state index contributed by atoms with van der Waals surface area (Å²) in [5.41, 5.74) is 2.11. The Kier molecular flexibility index (Phi) is 7.29. The van der Waals surface area contributed by atoms with Crippen molar-refractivity contribution in [3.05, 3.63) is 63.1 Å². The molecule has 0 saturated carbocycles. The maximum absolute atomic E-state index is 12.4. The van der Waals surface area contributed by atoms with E-state index in [-0.39, 0.29) is 5.57 Å². The van der Waals surface area contributed by atoms with E-state index in [2.05, 4.69) is 5.32 Å². The molecule has 0 atom stereocenters. The van der Waals surface area contributed by atoms with Crippen LogP contribution in [0.2, 0.25) is 10.0 Å². The molecule has 0 spiro atoms. The molecule has 0 saturated heterocycles. The highest BCUT2D eigenvalue weighted by Crippen LogP contribution is 2.35. The molecule has 140 valence electrons. The first-order valence-electron chi connectivity index (χ1n) is 8.41. The van der Waals surface area contributed by atoms with Crippen LogP contribution in [-0.2, 0) is 4.79 Å². The normalized spacial score (nSPS) is 11.2. The summed E-state index contributed by atoms with van der Waals surface area (Å²) in [5, 5.41) is 12.7. The van der Waals surface area contributed by atoms with Crippen molar-refractivity contribution in [3.8, 4) is 11.8 Å². The summed E-state index contributed by atoms with van der Waals surface area (Å²) in [7, 11) is 0. The lowest BCUT2D eigenvalue weighted by Crippen LogP contribution is -2.13. The van der Waals surface area contributed by atoms with Crippen LogP contribution in [0.5, 0.6) is 5.75 Å². The Morgan fingerprint density at radius 2 is 1.93 bits per heavy atom. The number of nitriles is 1. The number of amides is 1. The van der Waals surface area contributed by atoms with Crippen LogP contribution in [0.1, 0.15) is 25.0 Å². The lowest BCUT2D eigenvalue weighted by molar-refractivity contribution is -0.112. The van der Waals surface area contributed by atoms with Gasteiger partial charge in [0.2, 0.25) is 0 Å². The Morgan fingerprint density at radius 3 is 2.48 bits per heavy atom. The van der Waals surface area contributed by atoms with Gasteiger partial charge in [0.15, 0.2) is 5.75 Å². The fourth-order valence-corrected chi connectivity index (χ4v) is 2.90. The van der Waals surface area contributed by atoms with Crippen molar-refractivity contribution in [2.45, 2.75) is 20.8 Å². The molecule has 27 heavy (non-hydrogen) atoms. The van der Waals surface area contributed by atoms with Gasteiger partial charge in [0, 0.05) is 5.69 Å². The van der Waals surface area contributed by atoms with Gasteiger partial charge in [-0.05, 0) is 54.3 Å². The van der Waals surface area contributed by atoms with Gasteiger partial charge < -0.3 is 10.1 Å². The number of rotatable bonds is 6. The predicted octanol–water partition coefficient (Wildman–Crippen LogP) is 5.88. The highest BCUT2D eigenvalue weighted by molar-refractivity contribution is 6.37. The molecule has 0 fully saturated rings. The Balaban J connectivity index is 2.24. The first-order chi connectivity index (χ1) is 12.8. The van der Waals surface area contributed by atoms with Crippen LogP contribution in [0.15, 0.2) is 42.0 Å². The second kappa shape index (κ2) is 9.45. The van der Waals surface area contributed by atoms with Gasteiger partial charge in [0.25, 0.3) is 5.91 Å². The zero-order chi connectivity index (χ0) is 20.0. The fraction of sp³-hybridized carbons (Fsp3) is 0.238. The zero-order valence-corrected chi connectivity index (χ0v) is 16.9. The molecule has 1 amide bonds. The fourth-order valence-electron chi connectivity index (χ4n) is 2.29. The molecule has 0 heterocycles. The Labute approximate surface area is 169 Å². The molecule has 0 bridgehead atoms. The minimum Gasteiger partial charge on any atom is -0.490 e. The Hall–Kier alpha value is -2.48. The largest absolute Gasteiger partial charge is 0.490 e. The highest BCUT2D eigenvalue weighted by Gasteiger charge is 2.13. The predicted molar refractivity (Wildman–Crippen MR) is 110 cm³/mol. The molecule has 0 aliphatic heterocycles. The molecule has 2 aromatic carbocycles. The third-order valence-electron chi connectivity index (χ3n) is 3.53. The smallest absolute Gasteiger partial charge is 0.266 e. The molecule has 2 aromatic rings. The van der Waals surface area contributed by atoms with E-state index in [1.807, 2.05) is 45.0 Å². The molecule has 0 aliphatic carbocycles. The van der Waals surface area contributed by atoms with Crippen molar-refractivity contribution in [1.29, 1.82) is 5.26 Å². The molecule has 0 aromatic heterocycles. The number of hydrogen-bond donors (Lipinski definition) is 1. The van der Waals surface area contributed by atoms with Gasteiger partial charge in [-0.15, -0.1) is 0 Å². The first-order valence-corrected chi connectivity index (χ1v) is 9.17. The molecule has 0 radical (unpaired) electrons. The van der Waals surface area contributed by atoms with Crippen LogP contribution in [0.25, 0.3) is 6.08 Å². The molecule has 4 nitrogen and oxygen atoms in total. The van der Waals surface area contributed by atoms with E-state index in [9.17, 15) is 10.1 Å². The van der Waals surface area contributed by atoms with Crippen LogP contribution < -0.4 is 10.1 Å². The second-order valence-corrected chi connectivity index (χ2v) is 7.33. The summed E-state index contributed by atoms with van der Waals surface area (Å²) < 4.78 is 5.62. The molecule has 1 N–H and O–H groups in total. The zero-order valence-electron chi connectivity index (χ0n) is 15.3. The standard InChI is InChI=1S/C21H20Cl2N2O2/c1-13(2)12-27-20-18(22)9-15(10-19(20)23)8-16(11-24)21(26)25-17-6-4-5-14(3)7-17/h4-10,13H,12H2,1-3H3,(H,25,26)/b16-8+. The van der Waals surface area contributed by atoms with E-state index >= 15 is 0 Å². The second-order valence-electron chi connectivity index (χ2n) is 6.51. The Morgan fingerprint density at radius 1 is 1.26 bits per heavy atom. The number of hydrogen-bond acceptors (Lipinski definition) is 3. The molecule has 0 aliphatic rings. The lowest BCUT2D eigenvalue weighted by atomic mass is 10.1. The molecule has 0 unspecified atom stereocenters. The number of halogens is 2. The van der Waals surface area contributed by atoms with Crippen molar-refractivity contribution in [2.75, 3.05) is 11.9 Å². The van der Waals surface area contributed by atoms with Gasteiger partial charge in [-0.3, -0.25) is 4.79 Å². The highest BCUT2D eigenvalue weighted by atomic mass is 35.5. The topological polar surface area (TPSA) is 62.1 Å². The summed E-state index contributed by atoms with van der Waals surface area (Å²) >= 11 is 12.5. The van der Waals surface area contributed by atoms with Gasteiger partial charge in [-0.2, -0.15) is 5.26 Å². The van der Waals surface area contributed by atoms with Crippen molar-refractivity contribution in [3.63, 3.8) is 0 Å². The van der Waals surface area contributed by atoms with Crippen LogP contribution in [0, 0.1) is 24.2 Å². The molecule has 6 heteroatoms. The summed E-state index contributed by atoms with van der Waals surface area (Å²) in [6.07, 6.45) is 1.44. The maximum Gasteiger partial charge on any atom is 0.266 e. The number of anilines is 1. The minimum atomic E-state index is -0.504. The van der Waals surface area contributed by atoms with Crippen LogP contribution >= 0.6 is 23.2 Å². The molecule has 2 rings (SSSR count). The number of nitrogens with zero attached hydrogens (tertiary/aromatic N) is 1. The van der Waals surface area contributed by atoms with Crippen molar-refractivity contribution >= 4 is 40.9 Å². The SMILES string of the molecule is Cc1cccc(NC(=O)/C(C#N)=C/c2cc(Cl)c(OCC(C)C)c(Cl)c2)c1. The van der Waals surface area contributed by atoms with Crippen molar-refractivity contribution in [2.24, 2.45) is 5.92 Å². The summed E-state index contributed by atoms with van der Waals surface area (Å²) in [5.74, 6) is 0.217. The minimum absolute atomic E-state index is 0.0560. The van der Waals surface area contributed by atoms with Crippen LogP contribution in [-0.4, -0.2) is 12.5 Å². The van der Waals surface area contributed by atoms with Gasteiger partial charge in [-0.1, -0.05) is 49.2 Å². The van der Waals surface area contributed by atoms with E-state index in [1.54, 1.807) is 18.2 Å². The Bertz CT molecular complexity index is 892. The lowest BCUT2D eigenvalue weighted by Gasteiger charge is -2.12. The molecular formula is C21H20Cl2N2O2. The van der Waals surface area contributed by atoms with E-state index in [1.165, 1.54) is 6.08 Å². The quantitative estimate of drug-likeness (QED) is 0.484.